The number of aromatic nitrogens is 3. The quantitative estimate of drug-likeness (QED) is 0.280. The fraction of sp³-hybridized carbons (Fsp3) is 0.424. The molecule has 1 aliphatic heterocycles. The average molecular weight is 616 g/mol. The zero-order chi connectivity index (χ0) is 30.8. The lowest BCUT2D eigenvalue weighted by Crippen LogP contribution is -2.42. The maximum Gasteiger partial charge on any atom is 0.322 e. The van der Waals surface area contributed by atoms with Gasteiger partial charge >= 0.3 is 5.97 Å². The number of pyridine rings is 1. The van der Waals surface area contributed by atoms with Crippen molar-refractivity contribution in [2.45, 2.75) is 58.4 Å². The molecule has 6 rings (SSSR count). The predicted octanol–water partition coefficient (Wildman–Crippen LogP) is 5.16. The second-order valence-electron chi connectivity index (χ2n) is 11.6. The Labute approximate surface area is 260 Å². The topological polar surface area (TPSA) is 127 Å². The number of amides is 2. The van der Waals surface area contributed by atoms with E-state index in [2.05, 4.69) is 22.4 Å². The number of carbonyl (C=O) groups is 3. The second-order valence-corrected chi connectivity index (χ2v) is 12.8. The Hall–Kier alpha value is -4.09. The van der Waals surface area contributed by atoms with Crippen molar-refractivity contribution in [3.05, 3.63) is 58.4 Å². The fourth-order valence-corrected chi connectivity index (χ4v) is 7.32. The Balaban J connectivity index is 1.46. The summed E-state index contributed by atoms with van der Waals surface area (Å²) >= 11 is 1.63. The Morgan fingerprint density at radius 2 is 1.80 bits per heavy atom. The largest absolute Gasteiger partial charge is 0.480 e. The van der Waals surface area contributed by atoms with Crippen LogP contribution in [0, 0.1) is 13.8 Å². The molecule has 230 valence electrons. The van der Waals surface area contributed by atoms with Crippen molar-refractivity contribution in [1.29, 1.82) is 0 Å². The summed E-state index contributed by atoms with van der Waals surface area (Å²) in [5.41, 5.74) is 5.74. The standard InChI is InChI=1S/C33H37N5O5S/c1-20-32(44-21(2)35-20)27-11-8-23-16-24(9-10-26(23)36-27)31-25(22-6-4-3-5-7-22)17-28(33(42)34-18-30(40)41)38(31)19-29(39)37-12-14-43-15-13-37/h8-11,16-17,22H,3-7,12-15,18-19H2,1-2H3,(H,34,42)(H,40,41). The number of rotatable bonds is 8. The SMILES string of the molecule is Cc1nc(C)c(-c2ccc3cc(-c4c(C5CCCCC5)cc(C(=O)NCC(=O)O)n4CC(=O)N4CCOCC4)ccc3n2)s1. The molecule has 10 nitrogen and oxygen atoms in total. The number of ether oxygens (including phenoxy) is 1. The molecule has 4 aromatic rings. The van der Waals surface area contributed by atoms with E-state index < -0.39 is 18.4 Å². The highest BCUT2D eigenvalue weighted by Gasteiger charge is 2.29. The van der Waals surface area contributed by atoms with E-state index in [9.17, 15) is 19.5 Å². The van der Waals surface area contributed by atoms with Crippen LogP contribution in [-0.2, 0) is 20.9 Å². The lowest BCUT2D eigenvalue weighted by Gasteiger charge is -2.28. The summed E-state index contributed by atoms with van der Waals surface area (Å²) < 4.78 is 7.25. The summed E-state index contributed by atoms with van der Waals surface area (Å²) in [5, 5.41) is 13.7. The minimum Gasteiger partial charge on any atom is -0.480 e. The van der Waals surface area contributed by atoms with Crippen LogP contribution in [0.2, 0.25) is 0 Å². The van der Waals surface area contributed by atoms with E-state index in [1.54, 1.807) is 20.8 Å². The number of thiazole rings is 1. The number of carboxylic acid groups (broad SMARTS) is 1. The maximum atomic E-state index is 13.6. The van der Waals surface area contributed by atoms with Crippen molar-refractivity contribution in [2.75, 3.05) is 32.8 Å². The van der Waals surface area contributed by atoms with E-state index in [0.717, 1.165) is 74.7 Å². The molecule has 11 heteroatoms. The number of carboxylic acids is 1. The van der Waals surface area contributed by atoms with E-state index in [-0.39, 0.29) is 18.4 Å². The van der Waals surface area contributed by atoms with Gasteiger partial charge in [0.2, 0.25) is 5.91 Å². The lowest BCUT2D eigenvalue weighted by molar-refractivity contribution is -0.136. The number of hydrogen-bond acceptors (Lipinski definition) is 7. The van der Waals surface area contributed by atoms with Gasteiger partial charge in [-0.05, 0) is 68.0 Å². The van der Waals surface area contributed by atoms with Crippen molar-refractivity contribution in [1.82, 2.24) is 24.8 Å². The predicted molar refractivity (Wildman–Crippen MR) is 169 cm³/mol. The number of hydrogen-bond donors (Lipinski definition) is 2. The van der Waals surface area contributed by atoms with Gasteiger partial charge < -0.3 is 24.6 Å². The number of nitrogens with zero attached hydrogens (tertiary/aromatic N) is 4. The molecule has 0 atom stereocenters. The molecule has 0 spiro atoms. The number of nitrogens with one attached hydrogen (secondary N) is 1. The van der Waals surface area contributed by atoms with Crippen molar-refractivity contribution in [2.24, 2.45) is 0 Å². The number of aliphatic carboxylic acids is 1. The number of fused-ring (bicyclic) bond motifs is 1. The Morgan fingerprint density at radius 1 is 1.02 bits per heavy atom. The molecule has 1 aromatic carbocycles. The van der Waals surface area contributed by atoms with Crippen molar-refractivity contribution >= 4 is 40.0 Å². The molecular formula is C33H37N5O5S. The Bertz CT molecular complexity index is 1710. The number of aryl methyl sites for hydroxylation is 2. The molecule has 0 unspecified atom stereocenters. The van der Waals surface area contributed by atoms with Gasteiger partial charge in [-0.1, -0.05) is 31.4 Å². The highest BCUT2D eigenvalue weighted by Crippen LogP contribution is 2.41. The van der Waals surface area contributed by atoms with E-state index >= 15 is 0 Å². The van der Waals surface area contributed by atoms with Crippen LogP contribution in [0.15, 0.2) is 36.4 Å². The van der Waals surface area contributed by atoms with Crippen molar-refractivity contribution in [3.8, 4) is 21.8 Å². The van der Waals surface area contributed by atoms with Crippen LogP contribution in [0.3, 0.4) is 0 Å². The fourth-order valence-electron chi connectivity index (χ4n) is 6.43. The first-order valence-electron chi connectivity index (χ1n) is 15.2. The molecular weight excluding hydrogens is 578 g/mol. The lowest BCUT2D eigenvalue weighted by atomic mass is 9.83. The Kier molecular flexibility index (Phi) is 8.76. The zero-order valence-corrected chi connectivity index (χ0v) is 25.9. The zero-order valence-electron chi connectivity index (χ0n) is 25.1. The molecule has 2 amide bonds. The molecule has 0 radical (unpaired) electrons. The van der Waals surface area contributed by atoms with Gasteiger partial charge in [0.25, 0.3) is 5.91 Å². The van der Waals surface area contributed by atoms with Crippen LogP contribution in [0.1, 0.15) is 64.8 Å². The molecule has 44 heavy (non-hydrogen) atoms. The number of benzene rings is 1. The maximum absolute atomic E-state index is 13.6. The minimum absolute atomic E-state index is 0.0306. The van der Waals surface area contributed by atoms with E-state index in [4.69, 9.17) is 9.72 Å². The monoisotopic (exact) mass is 615 g/mol. The van der Waals surface area contributed by atoms with Crippen LogP contribution in [0.4, 0.5) is 0 Å². The number of carbonyl (C=O) groups excluding carboxylic acids is 2. The van der Waals surface area contributed by atoms with Gasteiger partial charge in [0.05, 0.1) is 45.7 Å². The number of morpholine rings is 1. The second kappa shape index (κ2) is 12.9. The van der Waals surface area contributed by atoms with Crippen LogP contribution >= 0.6 is 11.3 Å². The minimum atomic E-state index is -1.13. The van der Waals surface area contributed by atoms with Gasteiger partial charge in [-0.15, -0.1) is 11.3 Å². The molecule has 0 bridgehead atoms. The van der Waals surface area contributed by atoms with Gasteiger partial charge in [-0.25, -0.2) is 9.97 Å². The summed E-state index contributed by atoms with van der Waals surface area (Å²) in [5.74, 6) is -1.50. The van der Waals surface area contributed by atoms with Gasteiger partial charge in [-0.2, -0.15) is 0 Å². The van der Waals surface area contributed by atoms with E-state index in [1.807, 2.05) is 38.1 Å². The van der Waals surface area contributed by atoms with E-state index in [0.29, 0.717) is 32.0 Å². The summed E-state index contributed by atoms with van der Waals surface area (Å²) in [6.07, 6.45) is 5.37. The van der Waals surface area contributed by atoms with Gasteiger partial charge in [0.15, 0.2) is 0 Å². The highest BCUT2D eigenvalue weighted by atomic mass is 32.1. The van der Waals surface area contributed by atoms with Crippen LogP contribution in [0.5, 0.6) is 0 Å². The molecule has 1 saturated heterocycles. The van der Waals surface area contributed by atoms with Crippen molar-refractivity contribution < 1.29 is 24.2 Å². The average Bonchev–Trinajstić information content (AvgIpc) is 3.59. The van der Waals surface area contributed by atoms with Crippen LogP contribution < -0.4 is 5.32 Å². The normalized spacial score (nSPS) is 15.9. The third kappa shape index (κ3) is 6.25. The first-order chi connectivity index (χ1) is 21.3. The summed E-state index contributed by atoms with van der Waals surface area (Å²) in [6.45, 7) is 5.40. The van der Waals surface area contributed by atoms with Gasteiger partial charge in [0.1, 0.15) is 18.8 Å². The first-order valence-corrected chi connectivity index (χ1v) is 16.0. The molecule has 1 aliphatic carbocycles. The third-order valence-corrected chi connectivity index (χ3v) is 9.66. The third-order valence-electron chi connectivity index (χ3n) is 8.56. The molecule has 4 heterocycles. The highest BCUT2D eigenvalue weighted by molar-refractivity contribution is 7.15. The van der Waals surface area contributed by atoms with Crippen molar-refractivity contribution in [3.63, 3.8) is 0 Å². The van der Waals surface area contributed by atoms with Gasteiger partial charge in [0, 0.05) is 18.5 Å². The molecule has 2 aliphatic rings. The van der Waals surface area contributed by atoms with E-state index in [1.165, 1.54) is 6.42 Å². The summed E-state index contributed by atoms with van der Waals surface area (Å²) in [4.78, 5) is 50.7. The Morgan fingerprint density at radius 3 is 2.50 bits per heavy atom. The summed E-state index contributed by atoms with van der Waals surface area (Å²) in [7, 11) is 0. The van der Waals surface area contributed by atoms with Crippen LogP contribution in [-0.4, -0.2) is 75.2 Å². The van der Waals surface area contributed by atoms with Gasteiger partial charge in [-0.3, -0.25) is 14.4 Å². The molecule has 2 N–H and O–H groups in total. The smallest absolute Gasteiger partial charge is 0.322 e. The molecule has 2 fully saturated rings. The van der Waals surface area contributed by atoms with Crippen LogP contribution in [0.25, 0.3) is 32.7 Å². The molecule has 3 aromatic heterocycles. The summed E-state index contributed by atoms with van der Waals surface area (Å²) in [6, 6.07) is 12.0. The first kappa shape index (κ1) is 30.0. The molecule has 1 saturated carbocycles.